The van der Waals surface area contributed by atoms with Crippen molar-refractivity contribution in [2.24, 2.45) is 11.8 Å². The van der Waals surface area contributed by atoms with E-state index >= 15 is 0 Å². The highest BCUT2D eigenvalue weighted by molar-refractivity contribution is 9.10. The van der Waals surface area contributed by atoms with Gasteiger partial charge in [-0.05, 0) is 48.9 Å². The molecule has 2 atom stereocenters. The van der Waals surface area contributed by atoms with Crippen molar-refractivity contribution in [1.29, 1.82) is 0 Å². The molecule has 0 radical (unpaired) electrons. The van der Waals surface area contributed by atoms with Gasteiger partial charge >= 0.3 is 5.97 Å². The van der Waals surface area contributed by atoms with Gasteiger partial charge in [0.25, 0.3) is 0 Å². The fourth-order valence-corrected chi connectivity index (χ4v) is 2.74. The van der Waals surface area contributed by atoms with Crippen LogP contribution in [0.15, 0.2) is 22.7 Å². The van der Waals surface area contributed by atoms with Gasteiger partial charge in [-0.25, -0.2) is 0 Å². The van der Waals surface area contributed by atoms with Crippen molar-refractivity contribution in [1.82, 2.24) is 0 Å². The molecule has 1 fully saturated rings. The molecule has 0 spiro atoms. The van der Waals surface area contributed by atoms with E-state index in [0.717, 1.165) is 35.0 Å². The van der Waals surface area contributed by atoms with E-state index in [-0.39, 0.29) is 11.8 Å². The van der Waals surface area contributed by atoms with E-state index in [1.807, 2.05) is 18.2 Å². The smallest absolute Gasteiger partial charge is 0.306 e. The largest absolute Gasteiger partial charge is 0.496 e. The maximum absolute atomic E-state index is 11.0. The third kappa shape index (κ3) is 2.63. The first-order chi connectivity index (χ1) is 8.11. The minimum atomic E-state index is -0.671. The van der Waals surface area contributed by atoms with E-state index in [1.165, 1.54) is 0 Å². The lowest BCUT2D eigenvalue weighted by Crippen LogP contribution is -2.34. The van der Waals surface area contributed by atoms with Crippen LogP contribution in [0, 0.1) is 11.8 Å². The van der Waals surface area contributed by atoms with Gasteiger partial charge in [-0.3, -0.25) is 4.79 Å². The highest BCUT2D eigenvalue weighted by Crippen LogP contribution is 2.39. The van der Waals surface area contributed by atoms with Crippen LogP contribution in [0.1, 0.15) is 18.4 Å². The maximum Gasteiger partial charge on any atom is 0.306 e. The molecule has 0 bridgehead atoms. The summed E-state index contributed by atoms with van der Waals surface area (Å²) >= 11 is 3.43. The highest BCUT2D eigenvalue weighted by atomic mass is 79.9. The summed E-state index contributed by atoms with van der Waals surface area (Å²) in [5, 5.41) is 9.02. The number of methoxy groups -OCH3 is 1. The molecule has 0 aromatic heterocycles. The fraction of sp³-hybridized carbons (Fsp3) is 0.462. The van der Waals surface area contributed by atoms with E-state index in [4.69, 9.17) is 9.84 Å². The van der Waals surface area contributed by atoms with Crippen molar-refractivity contribution in [2.45, 2.75) is 19.3 Å². The molecular formula is C13H15BrO3. The fourth-order valence-electron chi connectivity index (χ4n) is 2.33. The Morgan fingerprint density at radius 3 is 2.82 bits per heavy atom. The topological polar surface area (TPSA) is 46.5 Å². The van der Waals surface area contributed by atoms with Gasteiger partial charge in [-0.15, -0.1) is 0 Å². The molecule has 0 saturated heterocycles. The number of hydrogen-bond acceptors (Lipinski definition) is 2. The van der Waals surface area contributed by atoms with Gasteiger partial charge in [0, 0.05) is 4.47 Å². The molecule has 1 saturated carbocycles. The summed E-state index contributed by atoms with van der Waals surface area (Å²) in [7, 11) is 1.64. The van der Waals surface area contributed by atoms with Crippen molar-refractivity contribution < 1.29 is 14.6 Å². The highest BCUT2D eigenvalue weighted by Gasteiger charge is 2.36. The maximum atomic E-state index is 11.0. The molecule has 4 heteroatoms. The summed E-state index contributed by atoms with van der Waals surface area (Å²) in [5.74, 6) is 0.230. The Kier molecular flexibility index (Phi) is 3.72. The van der Waals surface area contributed by atoms with Crippen LogP contribution in [0.4, 0.5) is 0 Å². The molecule has 1 aliphatic rings. The van der Waals surface area contributed by atoms with Crippen LogP contribution in [-0.2, 0) is 11.2 Å². The summed E-state index contributed by atoms with van der Waals surface area (Å²) < 4.78 is 6.30. The predicted molar refractivity (Wildman–Crippen MR) is 68.2 cm³/mol. The molecule has 2 rings (SSSR count). The number of carbonyl (C=O) groups is 1. The number of halogens is 1. The summed E-state index contributed by atoms with van der Waals surface area (Å²) in [6.45, 7) is 0. The Labute approximate surface area is 109 Å². The van der Waals surface area contributed by atoms with Gasteiger partial charge < -0.3 is 9.84 Å². The number of hydrogen-bond donors (Lipinski definition) is 1. The van der Waals surface area contributed by atoms with Crippen LogP contribution < -0.4 is 4.74 Å². The molecule has 1 aromatic carbocycles. The van der Waals surface area contributed by atoms with Crippen molar-refractivity contribution in [3.05, 3.63) is 28.2 Å². The van der Waals surface area contributed by atoms with Gasteiger partial charge in [0.2, 0.25) is 0 Å². The Bertz CT molecular complexity index is 431. The molecule has 1 aromatic rings. The summed E-state index contributed by atoms with van der Waals surface area (Å²) in [6.07, 6.45) is 2.57. The number of aliphatic carboxylic acids is 1. The number of benzene rings is 1. The molecule has 92 valence electrons. The minimum Gasteiger partial charge on any atom is -0.496 e. The first kappa shape index (κ1) is 12.4. The Morgan fingerprint density at radius 2 is 2.29 bits per heavy atom. The van der Waals surface area contributed by atoms with Crippen LogP contribution in [-0.4, -0.2) is 18.2 Å². The second-order valence-electron chi connectivity index (χ2n) is 4.44. The quantitative estimate of drug-likeness (QED) is 0.929. The van der Waals surface area contributed by atoms with Crippen LogP contribution in [0.5, 0.6) is 5.75 Å². The average Bonchev–Trinajstić information content (AvgIpc) is 2.23. The lowest BCUT2D eigenvalue weighted by Gasteiger charge is -2.33. The Hall–Kier alpha value is -1.03. The molecule has 3 nitrogen and oxygen atoms in total. The van der Waals surface area contributed by atoms with E-state index in [2.05, 4.69) is 15.9 Å². The van der Waals surface area contributed by atoms with E-state index in [1.54, 1.807) is 7.11 Å². The van der Waals surface area contributed by atoms with Gasteiger partial charge in [-0.1, -0.05) is 15.9 Å². The monoisotopic (exact) mass is 298 g/mol. The van der Waals surface area contributed by atoms with Gasteiger partial charge in [0.05, 0.1) is 13.0 Å². The molecular weight excluding hydrogens is 284 g/mol. The van der Waals surface area contributed by atoms with Gasteiger partial charge in [-0.2, -0.15) is 0 Å². The van der Waals surface area contributed by atoms with Gasteiger partial charge in [0.15, 0.2) is 0 Å². The van der Waals surface area contributed by atoms with Crippen LogP contribution >= 0.6 is 15.9 Å². The number of rotatable bonds is 4. The van der Waals surface area contributed by atoms with Gasteiger partial charge in [0.1, 0.15) is 5.75 Å². The normalized spacial score (nSPS) is 22.9. The third-order valence-electron chi connectivity index (χ3n) is 3.46. The number of ether oxygens (including phenoxy) is 1. The molecule has 2 unspecified atom stereocenters. The van der Waals surface area contributed by atoms with Crippen molar-refractivity contribution >= 4 is 21.9 Å². The average molecular weight is 299 g/mol. The SMILES string of the molecule is COc1ccc(Br)cc1CC1CCC1C(=O)O. The minimum absolute atomic E-state index is 0.182. The summed E-state index contributed by atoms with van der Waals surface area (Å²) in [4.78, 5) is 11.0. The second kappa shape index (κ2) is 5.08. The first-order valence-electron chi connectivity index (χ1n) is 5.67. The summed E-state index contributed by atoms with van der Waals surface area (Å²) in [6, 6.07) is 5.85. The van der Waals surface area contributed by atoms with E-state index in [9.17, 15) is 4.79 Å². The predicted octanol–water partition coefficient (Wildman–Crippen LogP) is 3.11. The Balaban J connectivity index is 2.13. The first-order valence-corrected chi connectivity index (χ1v) is 6.46. The van der Waals surface area contributed by atoms with Crippen molar-refractivity contribution in [2.75, 3.05) is 7.11 Å². The van der Waals surface area contributed by atoms with E-state index in [0.29, 0.717) is 0 Å². The van der Waals surface area contributed by atoms with Crippen molar-refractivity contribution in [3.63, 3.8) is 0 Å². The zero-order valence-corrected chi connectivity index (χ0v) is 11.2. The molecule has 0 aliphatic heterocycles. The molecule has 1 aliphatic carbocycles. The van der Waals surface area contributed by atoms with Crippen molar-refractivity contribution in [3.8, 4) is 5.75 Å². The van der Waals surface area contributed by atoms with Crippen LogP contribution in [0.3, 0.4) is 0 Å². The Morgan fingerprint density at radius 1 is 1.53 bits per heavy atom. The molecule has 1 N–H and O–H groups in total. The summed E-state index contributed by atoms with van der Waals surface area (Å²) in [5.41, 5.74) is 1.08. The third-order valence-corrected chi connectivity index (χ3v) is 3.95. The number of carboxylic acids is 1. The van der Waals surface area contributed by atoms with E-state index < -0.39 is 5.97 Å². The second-order valence-corrected chi connectivity index (χ2v) is 5.36. The molecule has 0 amide bonds. The zero-order valence-electron chi connectivity index (χ0n) is 9.65. The van der Waals surface area contributed by atoms with Crippen LogP contribution in [0.25, 0.3) is 0 Å². The lowest BCUT2D eigenvalue weighted by atomic mass is 9.71. The lowest BCUT2D eigenvalue weighted by molar-refractivity contribution is -0.147. The van der Waals surface area contributed by atoms with Crippen LogP contribution in [0.2, 0.25) is 0 Å². The molecule has 17 heavy (non-hydrogen) atoms. The molecule has 0 heterocycles. The zero-order chi connectivity index (χ0) is 12.4. The number of carboxylic acid groups (broad SMARTS) is 1. The standard InChI is InChI=1S/C13H15BrO3/c1-17-12-5-3-10(14)7-9(12)6-8-2-4-11(8)13(15)16/h3,5,7-8,11H,2,4,6H2,1H3,(H,15,16).